The van der Waals surface area contributed by atoms with Gasteiger partial charge in [0.25, 0.3) is 0 Å². The highest BCUT2D eigenvalue weighted by molar-refractivity contribution is 4.99. The Labute approximate surface area is 121 Å². The molecule has 0 aliphatic carbocycles. The Morgan fingerprint density at radius 3 is 0.900 bits per heavy atom. The zero-order chi connectivity index (χ0) is 14.7. The molecule has 2 aromatic heterocycles. The molecule has 3 aromatic rings. The quantitative estimate of drug-likeness (QED) is 0.610. The van der Waals surface area contributed by atoms with Crippen LogP contribution in [-0.2, 0) is 0 Å². The van der Waals surface area contributed by atoms with E-state index in [9.17, 15) is 0 Å². The fourth-order valence-electron chi connectivity index (χ4n) is 0.951. The minimum atomic E-state index is 1.50. The topological polar surface area (TPSA) is 38.7 Å². The summed E-state index contributed by atoms with van der Waals surface area (Å²) in [5.74, 6) is 0. The molecule has 0 atom stereocenters. The predicted octanol–water partition coefficient (Wildman–Crippen LogP) is 4.27. The third-order valence-corrected chi connectivity index (χ3v) is 1.71. The SMILES string of the molecule is CC.c1ccccc1.c1ccncc1.c1cncnc1. The monoisotopic (exact) mass is 267 g/mol. The Morgan fingerprint density at radius 2 is 0.750 bits per heavy atom. The van der Waals surface area contributed by atoms with Crippen LogP contribution in [0.15, 0.2) is 91.8 Å². The van der Waals surface area contributed by atoms with E-state index in [-0.39, 0.29) is 0 Å². The van der Waals surface area contributed by atoms with Crippen molar-refractivity contribution in [1.82, 2.24) is 15.0 Å². The van der Waals surface area contributed by atoms with Crippen LogP contribution in [-0.4, -0.2) is 15.0 Å². The number of hydrogen-bond donors (Lipinski definition) is 0. The molecule has 0 bridgehead atoms. The molecule has 0 spiro atoms. The van der Waals surface area contributed by atoms with Crippen LogP contribution in [0.1, 0.15) is 13.8 Å². The maximum absolute atomic E-state index is 3.78. The maximum atomic E-state index is 3.78. The number of aromatic nitrogens is 3. The van der Waals surface area contributed by atoms with Crippen molar-refractivity contribution >= 4 is 0 Å². The van der Waals surface area contributed by atoms with Crippen LogP contribution in [0.4, 0.5) is 0 Å². The third kappa shape index (κ3) is 13.5. The Bertz CT molecular complexity index is 303. The van der Waals surface area contributed by atoms with E-state index in [1.807, 2.05) is 68.4 Å². The van der Waals surface area contributed by atoms with Gasteiger partial charge in [-0.2, -0.15) is 0 Å². The number of benzene rings is 1. The first-order chi connectivity index (χ1) is 10.0. The average molecular weight is 267 g/mol. The van der Waals surface area contributed by atoms with Gasteiger partial charge in [-0.05, 0) is 18.2 Å². The number of nitrogens with zero attached hydrogens (tertiary/aromatic N) is 3. The molecule has 1 aromatic carbocycles. The summed E-state index contributed by atoms with van der Waals surface area (Å²) in [5.41, 5.74) is 0. The molecule has 2 heterocycles. The zero-order valence-corrected chi connectivity index (χ0v) is 12.0. The van der Waals surface area contributed by atoms with Gasteiger partial charge in [-0.3, -0.25) is 4.98 Å². The van der Waals surface area contributed by atoms with Crippen LogP contribution in [0.3, 0.4) is 0 Å². The summed E-state index contributed by atoms with van der Waals surface area (Å²) in [5, 5.41) is 0. The summed E-state index contributed by atoms with van der Waals surface area (Å²) < 4.78 is 0. The summed E-state index contributed by atoms with van der Waals surface area (Å²) in [7, 11) is 0. The van der Waals surface area contributed by atoms with E-state index in [1.165, 1.54) is 6.33 Å². The number of hydrogen-bond acceptors (Lipinski definition) is 3. The molecular weight excluding hydrogens is 246 g/mol. The van der Waals surface area contributed by atoms with Crippen molar-refractivity contribution in [3.63, 3.8) is 0 Å². The van der Waals surface area contributed by atoms with Crippen molar-refractivity contribution in [3.05, 3.63) is 91.8 Å². The van der Waals surface area contributed by atoms with Crippen LogP contribution >= 0.6 is 0 Å². The molecule has 0 aliphatic rings. The second kappa shape index (κ2) is 16.4. The second-order valence-corrected chi connectivity index (χ2v) is 3.08. The first-order valence-electron chi connectivity index (χ1n) is 6.55. The van der Waals surface area contributed by atoms with Crippen molar-refractivity contribution in [2.45, 2.75) is 13.8 Å². The highest BCUT2D eigenvalue weighted by atomic mass is 14.8. The first kappa shape index (κ1) is 17.4. The van der Waals surface area contributed by atoms with E-state index in [1.54, 1.807) is 30.9 Å². The molecule has 104 valence electrons. The molecule has 3 nitrogen and oxygen atoms in total. The smallest absolute Gasteiger partial charge is 0.115 e. The van der Waals surface area contributed by atoms with Gasteiger partial charge in [0.1, 0.15) is 6.33 Å². The fourth-order valence-corrected chi connectivity index (χ4v) is 0.951. The number of rotatable bonds is 0. The molecule has 0 saturated heterocycles. The third-order valence-electron chi connectivity index (χ3n) is 1.71. The number of pyridine rings is 1. The average Bonchev–Trinajstić information content (AvgIpc) is 2.62. The largest absolute Gasteiger partial charge is 0.265 e. The van der Waals surface area contributed by atoms with Gasteiger partial charge in [0.05, 0.1) is 0 Å². The van der Waals surface area contributed by atoms with Crippen LogP contribution < -0.4 is 0 Å². The molecule has 0 unspecified atom stereocenters. The standard InChI is InChI=1S/C6H6.C5H5N.C4H4N2.C2H6/c2*1-2-4-6-5-3-1;1-2-5-4-6-3-1;1-2/h1-6H;1-5H;1-4H;1-2H3. The van der Waals surface area contributed by atoms with Crippen LogP contribution in [0.25, 0.3) is 0 Å². The van der Waals surface area contributed by atoms with E-state index in [0.29, 0.717) is 0 Å². The van der Waals surface area contributed by atoms with Gasteiger partial charge < -0.3 is 0 Å². The summed E-state index contributed by atoms with van der Waals surface area (Å²) in [6.45, 7) is 4.00. The highest BCUT2D eigenvalue weighted by Gasteiger charge is 1.59. The maximum Gasteiger partial charge on any atom is 0.115 e. The first-order valence-corrected chi connectivity index (χ1v) is 6.55. The lowest BCUT2D eigenvalue weighted by Gasteiger charge is -1.70. The minimum Gasteiger partial charge on any atom is -0.265 e. The Morgan fingerprint density at radius 1 is 0.400 bits per heavy atom. The molecule has 0 aliphatic heterocycles. The lowest BCUT2D eigenvalue weighted by Crippen LogP contribution is -1.66. The molecule has 0 N–H and O–H groups in total. The van der Waals surface area contributed by atoms with E-state index >= 15 is 0 Å². The van der Waals surface area contributed by atoms with Crippen molar-refractivity contribution in [3.8, 4) is 0 Å². The van der Waals surface area contributed by atoms with Gasteiger partial charge in [0, 0.05) is 24.8 Å². The van der Waals surface area contributed by atoms with Gasteiger partial charge in [0.15, 0.2) is 0 Å². The van der Waals surface area contributed by atoms with E-state index in [0.717, 1.165) is 0 Å². The summed E-state index contributed by atoms with van der Waals surface area (Å²) in [6.07, 6.45) is 8.38. The molecule has 3 heteroatoms. The fraction of sp³-hybridized carbons (Fsp3) is 0.118. The Balaban J connectivity index is 0.000000255. The van der Waals surface area contributed by atoms with Crippen molar-refractivity contribution < 1.29 is 0 Å². The lowest BCUT2D eigenvalue weighted by molar-refractivity contribution is 1.17. The second-order valence-electron chi connectivity index (χ2n) is 3.08. The van der Waals surface area contributed by atoms with Gasteiger partial charge in [-0.25, -0.2) is 9.97 Å². The van der Waals surface area contributed by atoms with Gasteiger partial charge >= 0.3 is 0 Å². The van der Waals surface area contributed by atoms with Crippen molar-refractivity contribution in [1.29, 1.82) is 0 Å². The van der Waals surface area contributed by atoms with Gasteiger partial charge in [0.2, 0.25) is 0 Å². The predicted molar refractivity (Wildman–Crippen MR) is 84.1 cm³/mol. The molecule has 0 amide bonds. The minimum absolute atomic E-state index is 1.50. The molecule has 0 radical (unpaired) electrons. The molecular formula is C17H21N3. The van der Waals surface area contributed by atoms with Crippen LogP contribution in [0.5, 0.6) is 0 Å². The van der Waals surface area contributed by atoms with Crippen molar-refractivity contribution in [2.75, 3.05) is 0 Å². The van der Waals surface area contributed by atoms with E-state index in [2.05, 4.69) is 15.0 Å². The summed E-state index contributed by atoms with van der Waals surface area (Å²) in [6, 6.07) is 19.5. The van der Waals surface area contributed by atoms with Gasteiger partial charge in [-0.1, -0.05) is 56.3 Å². The van der Waals surface area contributed by atoms with E-state index < -0.39 is 0 Å². The highest BCUT2D eigenvalue weighted by Crippen LogP contribution is 1.80. The lowest BCUT2D eigenvalue weighted by atomic mass is 10.4. The molecule has 20 heavy (non-hydrogen) atoms. The van der Waals surface area contributed by atoms with Gasteiger partial charge in [-0.15, -0.1) is 0 Å². The van der Waals surface area contributed by atoms with E-state index in [4.69, 9.17) is 0 Å². The molecule has 3 rings (SSSR count). The van der Waals surface area contributed by atoms with Crippen molar-refractivity contribution in [2.24, 2.45) is 0 Å². The molecule has 0 fully saturated rings. The zero-order valence-electron chi connectivity index (χ0n) is 12.0. The summed E-state index contributed by atoms with van der Waals surface area (Å²) in [4.78, 5) is 11.1. The van der Waals surface area contributed by atoms with Crippen LogP contribution in [0, 0.1) is 0 Å². The van der Waals surface area contributed by atoms with Crippen LogP contribution in [0.2, 0.25) is 0 Å². The molecule has 0 saturated carbocycles. The summed E-state index contributed by atoms with van der Waals surface area (Å²) >= 11 is 0. The Hall–Kier alpha value is -2.55. The normalized spacial score (nSPS) is 7.50. The Kier molecular flexibility index (Phi) is 14.4.